The van der Waals surface area contributed by atoms with Gasteiger partial charge >= 0.3 is 12.1 Å². The zero-order valence-electron chi connectivity index (χ0n) is 15.2. The summed E-state index contributed by atoms with van der Waals surface area (Å²) in [4.78, 5) is 12.2. The van der Waals surface area contributed by atoms with Crippen LogP contribution in [0.1, 0.15) is 60.0 Å². The van der Waals surface area contributed by atoms with Crippen LogP contribution in [0.25, 0.3) is 0 Å². The Hall–Kier alpha value is -2.44. The molecule has 1 saturated carbocycles. The summed E-state index contributed by atoms with van der Waals surface area (Å²) in [5.74, 6) is -4.05. The largest absolute Gasteiger partial charge is 0.423 e. The van der Waals surface area contributed by atoms with Gasteiger partial charge in [-0.2, -0.15) is 13.2 Å². The van der Waals surface area contributed by atoms with Crippen LogP contribution in [0, 0.1) is 17.6 Å². The lowest BCUT2D eigenvalue weighted by atomic mass is 9.79. The molecule has 0 atom stereocenters. The van der Waals surface area contributed by atoms with E-state index >= 15 is 0 Å². The summed E-state index contributed by atoms with van der Waals surface area (Å²) in [6.45, 7) is 2.22. The highest BCUT2D eigenvalue weighted by Crippen LogP contribution is 2.36. The number of benzene rings is 2. The summed E-state index contributed by atoms with van der Waals surface area (Å²) in [5.41, 5.74) is -0.762. The Labute approximate surface area is 159 Å². The number of rotatable bonds is 3. The summed E-state index contributed by atoms with van der Waals surface area (Å²) in [5, 5.41) is 0. The number of halogens is 5. The van der Waals surface area contributed by atoms with Gasteiger partial charge in [-0.1, -0.05) is 31.9 Å². The van der Waals surface area contributed by atoms with Crippen LogP contribution in [-0.2, 0) is 6.18 Å². The van der Waals surface area contributed by atoms with Gasteiger partial charge < -0.3 is 4.74 Å². The second kappa shape index (κ2) is 7.89. The maximum Gasteiger partial charge on any atom is 0.422 e. The number of carbonyl (C=O) groups excluding carboxylic acids is 1. The molecule has 0 aliphatic heterocycles. The Bertz CT molecular complexity index is 827. The summed E-state index contributed by atoms with van der Waals surface area (Å²) >= 11 is 0. The Morgan fingerprint density at radius 2 is 1.50 bits per heavy atom. The SMILES string of the molecule is CC1CCC(c2ccc(C(=O)Oc3cc(F)c(C(F)(F)F)c(F)c3)cc2)CC1. The van der Waals surface area contributed by atoms with Crippen LogP contribution in [0.2, 0.25) is 0 Å². The van der Waals surface area contributed by atoms with Crippen molar-refractivity contribution in [3.8, 4) is 5.75 Å². The van der Waals surface area contributed by atoms with Crippen molar-refractivity contribution in [2.24, 2.45) is 5.92 Å². The van der Waals surface area contributed by atoms with Gasteiger partial charge in [0.05, 0.1) is 5.56 Å². The summed E-state index contributed by atoms with van der Waals surface area (Å²) in [7, 11) is 0. The van der Waals surface area contributed by atoms with Crippen LogP contribution in [-0.4, -0.2) is 5.97 Å². The Morgan fingerprint density at radius 3 is 2.00 bits per heavy atom. The molecule has 0 N–H and O–H groups in total. The lowest BCUT2D eigenvalue weighted by molar-refractivity contribution is -0.142. The highest BCUT2D eigenvalue weighted by molar-refractivity contribution is 5.91. The molecular weight excluding hydrogens is 379 g/mol. The van der Waals surface area contributed by atoms with Crippen LogP contribution in [0.15, 0.2) is 36.4 Å². The third-order valence-corrected chi connectivity index (χ3v) is 5.14. The van der Waals surface area contributed by atoms with E-state index in [1.54, 1.807) is 12.1 Å². The minimum absolute atomic E-state index is 0.147. The normalized spacial score (nSPS) is 20.1. The molecule has 3 rings (SSSR count). The van der Waals surface area contributed by atoms with Gasteiger partial charge in [-0.05, 0) is 42.4 Å². The van der Waals surface area contributed by atoms with Crippen molar-refractivity contribution < 1.29 is 31.5 Å². The zero-order chi connectivity index (χ0) is 20.5. The van der Waals surface area contributed by atoms with Crippen LogP contribution in [0.5, 0.6) is 5.75 Å². The maximum absolute atomic E-state index is 13.6. The Morgan fingerprint density at radius 1 is 0.964 bits per heavy atom. The first-order valence-corrected chi connectivity index (χ1v) is 9.03. The molecule has 0 amide bonds. The first-order valence-electron chi connectivity index (χ1n) is 9.03. The molecule has 2 aromatic rings. The van der Waals surface area contributed by atoms with Gasteiger partial charge in [0.15, 0.2) is 0 Å². The van der Waals surface area contributed by atoms with Gasteiger partial charge in [-0.3, -0.25) is 0 Å². The summed E-state index contributed by atoms with van der Waals surface area (Å²) in [6.07, 6.45) is -0.716. The lowest BCUT2D eigenvalue weighted by Gasteiger charge is -2.26. The monoisotopic (exact) mass is 398 g/mol. The van der Waals surface area contributed by atoms with Crippen molar-refractivity contribution >= 4 is 5.97 Å². The van der Waals surface area contributed by atoms with E-state index in [1.165, 1.54) is 0 Å². The number of ether oxygens (including phenoxy) is 1. The highest BCUT2D eigenvalue weighted by atomic mass is 19.4. The van der Waals surface area contributed by atoms with E-state index < -0.39 is 35.1 Å². The Kier molecular flexibility index (Phi) is 5.72. The van der Waals surface area contributed by atoms with E-state index in [9.17, 15) is 26.7 Å². The highest BCUT2D eigenvalue weighted by Gasteiger charge is 2.38. The second-order valence-corrected chi connectivity index (χ2v) is 7.23. The van der Waals surface area contributed by atoms with E-state index in [0.717, 1.165) is 37.2 Å². The quantitative estimate of drug-likeness (QED) is 0.335. The molecular formula is C21H19F5O2. The minimum Gasteiger partial charge on any atom is -0.423 e. The van der Waals surface area contributed by atoms with Crippen molar-refractivity contribution in [1.29, 1.82) is 0 Å². The first-order chi connectivity index (χ1) is 13.1. The van der Waals surface area contributed by atoms with E-state index in [4.69, 9.17) is 4.74 Å². The van der Waals surface area contributed by atoms with Gasteiger partial charge in [0.1, 0.15) is 22.9 Å². The Balaban J connectivity index is 1.71. The van der Waals surface area contributed by atoms with Crippen LogP contribution in [0.3, 0.4) is 0 Å². The van der Waals surface area contributed by atoms with Gasteiger partial charge in [-0.15, -0.1) is 0 Å². The fraction of sp³-hybridized carbons (Fsp3) is 0.381. The lowest BCUT2D eigenvalue weighted by Crippen LogP contribution is -2.14. The molecule has 150 valence electrons. The molecule has 0 spiro atoms. The van der Waals surface area contributed by atoms with Crippen LogP contribution in [0.4, 0.5) is 22.0 Å². The third kappa shape index (κ3) is 4.51. The van der Waals surface area contributed by atoms with Gasteiger partial charge in [0, 0.05) is 12.1 Å². The van der Waals surface area contributed by atoms with Crippen molar-refractivity contribution in [3.63, 3.8) is 0 Å². The number of hydrogen-bond acceptors (Lipinski definition) is 2. The molecule has 1 fully saturated rings. The van der Waals surface area contributed by atoms with Crippen LogP contribution < -0.4 is 4.74 Å². The minimum atomic E-state index is -5.18. The summed E-state index contributed by atoms with van der Waals surface area (Å²) < 4.78 is 69.8. The van der Waals surface area contributed by atoms with Gasteiger partial charge in [0.2, 0.25) is 0 Å². The van der Waals surface area contributed by atoms with E-state index in [2.05, 4.69) is 6.92 Å². The maximum atomic E-state index is 13.6. The third-order valence-electron chi connectivity index (χ3n) is 5.14. The fourth-order valence-electron chi connectivity index (χ4n) is 3.53. The molecule has 2 aromatic carbocycles. The molecule has 0 radical (unpaired) electrons. The molecule has 1 aliphatic rings. The number of alkyl halides is 3. The molecule has 28 heavy (non-hydrogen) atoms. The topological polar surface area (TPSA) is 26.3 Å². The van der Waals surface area contributed by atoms with Crippen molar-refractivity contribution in [3.05, 3.63) is 64.7 Å². The average molecular weight is 398 g/mol. The van der Waals surface area contributed by atoms with E-state index in [-0.39, 0.29) is 5.56 Å². The van der Waals surface area contributed by atoms with Crippen LogP contribution >= 0.6 is 0 Å². The standard InChI is InChI=1S/C21H19F5O2/c1-12-2-4-13(5-3-12)14-6-8-15(9-7-14)20(27)28-16-10-17(22)19(18(23)11-16)21(24,25)26/h6-13H,2-5H2,1H3. The molecule has 2 nitrogen and oxygen atoms in total. The summed E-state index contributed by atoms with van der Waals surface area (Å²) in [6, 6.07) is 7.41. The predicted octanol–water partition coefficient (Wildman–Crippen LogP) is 6.50. The van der Waals surface area contributed by atoms with Gasteiger partial charge in [0.25, 0.3) is 0 Å². The molecule has 1 aliphatic carbocycles. The molecule has 0 heterocycles. The molecule has 0 aromatic heterocycles. The number of esters is 1. The average Bonchev–Trinajstić information content (AvgIpc) is 2.60. The second-order valence-electron chi connectivity index (χ2n) is 7.23. The first kappa shape index (κ1) is 20.3. The van der Waals surface area contributed by atoms with E-state index in [1.807, 2.05) is 12.1 Å². The van der Waals surface area contributed by atoms with Gasteiger partial charge in [-0.25, -0.2) is 13.6 Å². The van der Waals surface area contributed by atoms with Crippen molar-refractivity contribution in [2.75, 3.05) is 0 Å². The fourth-order valence-corrected chi connectivity index (χ4v) is 3.53. The van der Waals surface area contributed by atoms with Crippen molar-refractivity contribution in [1.82, 2.24) is 0 Å². The molecule has 7 heteroatoms. The smallest absolute Gasteiger partial charge is 0.422 e. The zero-order valence-corrected chi connectivity index (χ0v) is 15.2. The molecule has 0 unspecified atom stereocenters. The molecule has 0 saturated heterocycles. The molecule has 0 bridgehead atoms. The van der Waals surface area contributed by atoms with E-state index in [0.29, 0.717) is 18.1 Å². The number of hydrogen-bond donors (Lipinski definition) is 0. The number of carbonyl (C=O) groups is 1. The predicted molar refractivity (Wildman–Crippen MR) is 93.1 cm³/mol. The van der Waals surface area contributed by atoms with Crippen molar-refractivity contribution in [2.45, 2.75) is 44.7 Å².